The molecule has 1 N–H and O–H groups in total. The average molecular weight is 414 g/mol. The number of amides is 2. The number of likely N-dealkylation sites (tertiary alicyclic amines) is 1. The van der Waals surface area contributed by atoms with Crippen LogP contribution in [0.25, 0.3) is 0 Å². The van der Waals surface area contributed by atoms with E-state index in [-0.39, 0.29) is 35.7 Å². The summed E-state index contributed by atoms with van der Waals surface area (Å²) in [5.74, 6) is -0.437. The fraction of sp³-hybridized carbons (Fsp3) is 0.500. The Morgan fingerprint density at radius 1 is 1.33 bits per heavy atom. The summed E-state index contributed by atoms with van der Waals surface area (Å²) in [6, 6.07) is 6.22. The van der Waals surface area contributed by atoms with Crippen molar-refractivity contribution < 1.29 is 18.7 Å². The molecule has 0 saturated carbocycles. The third-order valence-corrected chi connectivity index (χ3v) is 6.07. The Kier molecular flexibility index (Phi) is 5.85. The summed E-state index contributed by atoms with van der Waals surface area (Å²) < 4.78 is 21.1. The molecule has 7 nitrogen and oxygen atoms in total. The number of carbonyl (C=O) groups excluding carboxylic acids is 2. The molecule has 2 fully saturated rings. The summed E-state index contributed by atoms with van der Waals surface area (Å²) in [4.78, 5) is 26.9. The monoisotopic (exact) mass is 414 g/mol. The van der Waals surface area contributed by atoms with Crippen molar-refractivity contribution in [2.75, 3.05) is 19.7 Å². The predicted octanol–water partition coefficient (Wildman–Crippen LogP) is 2.07. The predicted molar refractivity (Wildman–Crippen MR) is 108 cm³/mol. The average Bonchev–Trinajstić information content (AvgIpc) is 3.15. The van der Waals surface area contributed by atoms with Crippen LogP contribution in [0.3, 0.4) is 0 Å². The number of hydrogen-bond donors (Lipinski definition) is 1. The maximum Gasteiger partial charge on any atom is 0.254 e. The van der Waals surface area contributed by atoms with Gasteiger partial charge in [0.2, 0.25) is 5.91 Å². The van der Waals surface area contributed by atoms with E-state index in [1.165, 1.54) is 12.1 Å². The van der Waals surface area contributed by atoms with E-state index in [4.69, 9.17) is 4.74 Å². The molecular formula is C22H27FN4O3. The number of benzene rings is 1. The van der Waals surface area contributed by atoms with E-state index in [1.807, 2.05) is 4.90 Å². The Balaban J connectivity index is 1.30. The lowest BCUT2D eigenvalue weighted by molar-refractivity contribution is -0.143. The molecule has 0 aliphatic carbocycles. The Hall–Kier alpha value is -2.74. The molecule has 2 aromatic rings. The lowest BCUT2D eigenvalue weighted by Crippen LogP contribution is -2.54. The van der Waals surface area contributed by atoms with Crippen molar-refractivity contribution in [1.29, 1.82) is 0 Å². The van der Waals surface area contributed by atoms with Crippen molar-refractivity contribution >= 4 is 11.8 Å². The third kappa shape index (κ3) is 4.70. The Labute approximate surface area is 175 Å². The van der Waals surface area contributed by atoms with Crippen LogP contribution in [0, 0.1) is 5.82 Å². The lowest BCUT2D eigenvalue weighted by Gasteiger charge is -2.46. The molecule has 1 atom stereocenters. The van der Waals surface area contributed by atoms with Crippen LogP contribution < -0.4 is 5.32 Å². The largest absolute Gasteiger partial charge is 0.375 e. The minimum atomic E-state index is -0.326. The summed E-state index contributed by atoms with van der Waals surface area (Å²) in [5.41, 5.74) is 0.934. The Bertz CT molecular complexity index is 921. The highest BCUT2D eigenvalue weighted by molar-refractivity contribution is 5.93. The second kappa shape index (κ2) is 8.55. The van der Waals surface area contributed by atoms with E-state index in [9.17, 15) is 14.0 Å². The van der Waals surface area contributed by atoms with Crippen LogP contribution in [0.1, 0.15) is 41.6 Å². The van der Waals surface area contributed by atoms with E-state index in [0.29, 0.717) is 30.8 Å². The number of carbonyl (C=O) groups is 2. The number of piperidine rings is 1. The van der Waals surface area contributed by atoms with Crippen LogP contribution in [-0.2, 0) is 23.0 Å². The number of rotatable bonds is 4. The third-order valence-electron chi connectivity index (χ3n) is 6.07. The molecule has 0 radical (unpaired) electrons. The first kappa shape index (κ1) is 20.5. The number of nitrogens with zero attached hydrogens (tertiary/aromatic N) is 3. The molecule has 0 unspecified atom stereocenters. The maximum absolute atomic E-state index is 13.4. The first-order valence-corrected chi connectivity index (χ1v) is 10.4. The highest BCUT2D eigenvalue weighted by Crippen LogP contribution is 2.35. The van der Waals surface area contributed by atoms with Gasteiger partial charge in [-0.2, -0.15) is 5.10 Å². The SMILES string of the molecule is Cn1cc(C(=O)N[C@@H]2CCOC3(CCN(C(=O)Cc4cccc(F)c4)CC3)C2)cn1. The van der Waals surface area contributed by atoms with Gasteiger partial charge in [0.05, 0.1) is 23.8 Å². The van der Waals surface area contributed by atoms with E-state index < -0.39 is 0 Å². The van der Waals surface area contributed by atoms with Gasteiger partial charge >= 0.3 is 0 Å². The zero-order valence-electron chi connectivity index (χ0n) is 17.1. The number of hydrogen-bond acceptors (Lipinski definition) is 4. The topological polar surface area (TPSA) is 76.5 Å². The summed E-state index contributed by atoms with van der Waals surface area (Å²) in [6.07, 6.45) is 6.46. The molecule has 4 rings (SSSR count). The summed E-state index contributed by atoms with van der Waals surface area (Å²) >= 11 is 0. The molecule has 1 spiro atoms. The van der Waals surface area contributed by atoms with Crippen molar-refractivity contribution in [1.82, 2.24) is 20.0 Å². The molecule has 2 aliphatic rings. The van der Waals surface area contributed by atoms with Crippen LogP contribution in [0.5, 0.6) is 0 Å². The van der Waals surface area contributed by atoms with Crippen molar-refractivity contribution in [3.05, 3.63) is 53.6 Å². The van der Waals surface area contributed by atoms with Gasteiger partial charge in [0.1, 0.15) is 5.82 Å². The summed E-state index contributed by atoms with van der Waals surface area (Å²) in [6.45, 7) is 1.81. The van der Waals surface area contributed by atoms with E-state index in [1.54, 1.807) is 36.3 Å². The highest BCUT2D eigenvalue weighted by Gasteiger charge is 2.41. The van der Waals surface area contributed by atoms with Crippen molar-refractivity contribution in [2.45, 2.75) is 43.7 Å². The number of aryl methyl sites for hydroxylation is 1. The first-order valence-electron chi connectivity index (χ1n) is 10.4. The quantitative estimate of drug-likeness (QED) is 0.831. The molecule has 2 aliphatic heterocycles. The normalized spacial score (nSPS) is 20.9. The zero-order valence-corrected chi connectivity index (χ0v) is 17.1. The molecule has 1 aromatic carbocycles. The van der Waals surface area contributed by atoms with Gasteiger partial charge in [-0.05, 0) is 43.4 Å². The Morgan fingerprint density at radius 2 is 2.13 bits per heavy atom. The molecule has 160 valence electrons. The van der Waals surface area contributed by atoms with Gasteiger partial charge in [0, 0.05) is 39.0 Å². The summed E-state index contributed by atoms with van der Waals surface area (Å²) in [7, 11) is 1.78. The molecule has 8 heteroatoms. The molecule has 2 amide bonds. The van der Waals surface area contributed by atoms with Crippen molar-refractivity contribution in [3.63, 3.8) is 0 Å². The second-order valence-corrected chi connectivity index (χ2v) is 8.28. The van der Waals surface area contributed by atoms with E-state index in [2.05, 4.69) is 10.4 Å². The lowest BCUT2D eigenvalue weighted by atomic mass is 9.82. The second-order valence-electron chi connectivity index (χ2n) is 8.28. The zero-order chi connectivity index (χ0) is 21.1. The molecular weight excluding hydrogens is 387 g/mol. The van der Waals surface area contributed by atoms with E-state index >= 15 is 0 Å². The van der Waals surface area contributed by atoms with Gasteiger partial charge in [0.15, 0.2) is 0 Å². The fourth-order valence-corrected chi connectivity index (χ4v) is 4.40. The number of aromatic nitrogens is 2. The molecule has 3 heterocycles. The van der Waals surface area contributed by atoms with Crippen molar-refractivity contribution in [3.8, 4) is 0 Å². The number of halogens is 1. The first-order chi connectivity index (χ1) is 14.4. The van der Waals surface area contributed by atoms with Gasteiger partial charge in [0.25, 0.3) is 5.91 Å². The van der Waals surface area contributed by atoms with Gasteiger partial charge in [-0.1, -0.05) is 12.1 Å². The molecule has 1 aromatic heterocycles. The molecule has 30 heavy (non-hydrogen) atoms. The van der Waals surface area contributed by atoms with Crippen molar-refractivity contribution in [2.24, 2.45) is 7.05 Å². The van der Waals surface area contributed by atoms with Crippen LogP contribution >= 0.6 is 0 Å². The van der Waals surface area contributed by atoms with Crippen LogP contribution in [-0.4, -0.2) is 57.8 Å². The van der Waals surface area contributed by atoms with E-state index in [0.717, 1.165) is 25.7 Å². The number of ether oxygens (including phenoxy) is 1. The van der Waals surface area contributed by atoms with Gasteiger partial charge < -0.3 is 15.0 Å². The summed E-state index contributed by atoms with van der Waals surface area (Å²) in [5, 5.41) is 7.15. The smallest absolute Gasteiger partial charge is 0.254 e. The minimum absolute atomic E-state index is 0.00712. The van der Waals surface area contributed by atoms with Gasteiger partial charge in [-0.15, -0.1) is 0 Å². The molecule has 0 bridgehead atoms. The van der Waals surface area contributed by atoms with Gasteiger partial charge in [-0.25, -0.2) is 4.39 Å². The Morgan fingerprint density at radius 3 is 2.83 bits per heavy atom. The van der Waals surface area contributed by atoms with Crippen LogP contribution in [0.4, 0.5) is 4.39 Å². The highest BCUT2D eigenvalue weighted by atomic mass is 19.1. The van der Waals surface area contributed by atoms with Gasteiger partial charge in [-0.3, -0.25) is 14.3 Å². The number of nitrogens with one attached hydrogen (secondary N) is 1. The van der Waals surface area contributed by atoms with Crippen LogP contribution in [0.2, 0.25) is 0 Å². The molecule has 2 saturated heterocycles. The standard InChI is InChI=1S/C22H27FN4O3/c1-26-15-17(14-24-26)21(29)25-19-5-10-30-22(13-19)6-8-27(9-7-22)20(28)12-16-3-2-4-18(23)11-16/h2-4,11,14-15,19H,5-10,12-13H2,1H3,(H,25,29)/t19-/m1/s1. The maximum atomic E-state index is 13.4. The van der Waals surface area contributed by atoms with Crippen LogP contribution in [0.15, 0.2) is 36.7 Å². The fourth-order valence-electron chi connectivity index (χ4n) is 4.40. The minimum Gasteiger partial charge on any atom is -0.375 e.